The minimum absolute atomic E-state index is 0.261. The Labute approximate surface area is 112 Å². The highest BCUT2D eigenvalue weighted by Gasteiger charge is 2.27. The van der Waals surface area contributed by atoms with E-state index in [0.29, 0.717) is 6.04 Å². The largest absolute Gasteiger partial charge is 0.301 e. The van der Waals surface area contributed by atoms with Gasteiger partial charge in [-0.3, -0.25) is 0 Å². The predicted molar refractivity (Wildman–Crippen MR) is 76.0 cm³/mol. The van der Waals surface area contributed by atoms with Crippen LogP contribution in [0.4, 0.5) is 0 Å². The third kappa shape index (κ3) is 2.47. The molecule has 1 heterocycles. The van der Waals surface area contributed by atoms with E-state index in [1.165, 1.54) is 34.5 Å². The third-order valence-electron chi connectivity index (χ3n) is 3.54. The molecule has 1 N–H and O–H groups in total. The summed E-state index contributed by atoms with van der Waals surface area (Å²) in [5.74, 6) is 0. The van der Waals surface area contributed by atoms with Crippen LogP contribution in [0.1, 0.15) is 40.6 Å². The van der Waals surface area contributed by atoms with Crippen LogP contribution in [-0.4, -0.2) is 11.0 Å². The summed E-state index contributed by atoms with van der Waals surface area (Å²) in [4.78, 5) is 4.48. The van der Waals surface area contributed by atoms with Crippen molar-refractivity contribution in [3.63, 3.8) is 0 Å². The van der Waals surface area contributed by atoms with Gasteiger partial charge in [0.2, 0.25) is 0 Å². The lowest BCUT2D eigenvalue weighted by Gasteiger charge is -2.17. The van der Waals surface area contributed by atoms with Crippen LogP contribution in [0.5, 0.6) is 0 Å². The predicted octanol–water partition coefficient (Wildman–Crippen LogP) is 3.60. The topological polar surface area (TPSA) is 24.9 Å². The maximum atomic E-state index is 4.48. The zero-order chi connectivity index (χ0) is 12.5. The Morgan fingerprint density at radius 3 is 2.72 bits per heavy atom. The maximum absolute atomic E-state index is 4.48. The number of thiazole rings is 1. The van der Waals surface area contributed by atoms with E-state index in [4.69, 9.17) is 0 Å². The van der Waals surface area contributed by atoms with Crippen molar-refractivity contribution in [2.24, 2.45) is 0 Å². The Morgan fingerprint density at radius 1 is 1.28 bits per heavy atom. The van der Waals surface area contributed by atoms with Crippen molar-refractivity contribution in [1.29, 1.82) is 0 Å². The van der Waals surface area contributed by atoms with E-state index in [0.717, 1.165) is 0 Å². The average molecular weight is 258 g/mol. The molecular formula is C15H18N2S. The number of hydrogen-bond acceptors (Lipinski definition) is 3. The van der Waals surface area contributed by atoms with Crippen LogP contribution < -0.4 is 5.32 Å². The highest BCUT2D eigenvalue weighted by Crippen LogP contribution is 2.30. The molecule has 2 aromatic rings. The van der Waals surface area contributed by atoms with E-state index in [1.807, 2.05) is 6.20 Å². The molecule has 3 heteroatoms. The molecule has 18 heavy (non-hydrogen) atoms. The number of nitrogens with zero attached hydrogens (tertiary/aromatic N) is 1. The summed E-state index contributed by atoms with van der Waals surface area (Å²) in [5, 5.41) is 6.93. The van der Waals surface area contributed by atoms with Crippen molar-refractivity contribution < 1.29 is 0 Å². The lowest BCUT2D eigenvalue weighted by molar-refractivity contribution is 0.598. The highest BCUT2D eigenvalue weighted by molar-refractivity contribution is 7.09. The molecule has 0 spiro atoms. The van der Waals surface area contributed by atoms with Gasteiger partial charge in [-0.25, -0.2) is 4.98 Å². The van der Waals surface area contributed by atoms with Crippen LogP contribution in [0.25, 0.3) is 0 Å². The normalized spacial score (nSPS) is 16.8. The molecule has 1 fully saturated rings. The first-order valence-electron chi connectivity index (χ1n) is 6.46. The van der Waals surface area contributed by atoms with Crippen molar-refractivity contribution in [3.05, 3.63) is 51.5 Å². The van der Waals surface area contributed by atoms with Crippen molar-refractivity contribution in [3.8, 4) is 0 Å². The van der Waals surface area contributed by atoms with Crippen LogP contribution in [0.3, 0.4) is 0 Å². The Morgan fingerprint density at radius 2 is 2.11 bits per heavy atom. The van der Waals surface area contributed by atoms with Crippen molar-refractivity contribution in [2.75, 3.05) is 0 Å². The van der Waals surface area contributed by atoms with Gasteiger partial charge in [0.05, 0.1) is 6.04 Å². The standard InChI is InChI=1S/C15H18N2S/c1-10-3-4-12(9-11(10)2)14(17-13-5-6-13)15-16-7-8-18-15/h3-4,7-9,13-14,17H,5-6H2,1-2H3. The Hall–Kier alpha value is -1.19. The maximum Gasteiger partial charge on any atom is 0.114 e. The van der Waals surface area contributed by atoms with Crippen LogP contribution in [-0.2, 0) is 0 Å². The van der Waals surface area contributed by atoms with Crippen molar-refractivity contribution in [2.45, 2.75) is 38.8 Å². The van der Waals surface area contributed by atoms with Crippen LogP contribution in [0.15, 0.2) is 29.8 Å². The van der Waals surface area contributed by atoms with E-state index in [-0.39, 0.29) is 6.04 Å². The Bertz CT molecular complexity index is 529. The molecule has 1 aromatic carbocycles. The van der Waals surface area contributed by atoms with Gasteiger partial charge in [-0.1, -0.05) is 18.2 Å². The van der Waals surface area contributed by atoms with E-state index in [2.05, 4.69) is 47.7 Å². The molecule has 2 nitrogen and oxygen atoms in total. The van der Waals surface area contributed by atoms with Gasteiger partial charge >= 0.3 is 0 Å². The molecule has 1 aromatic heterocycles. The summed E-state index contributed by atoms with van der Waals surface area (Å²) in [6, 6.07) is 7.66. The van der Waals surface area contributed by atoms with E-state index < -0.39 is 0 Å². The summed E-state index contributed by atoms with van der Waals surface area (Å²) in [5.41, 5.74) is 4.04. The number of hydrogen-bond donors (Lipinski definition) is 1. The smallest absolute Gasteiger partial charge is 0.114 e. The molecule has 1 aliphatic rings. The molecule has 1 aliphatic carbocycles. The van der Waals surface area contributed by atoms with Gasteiger partial charge in [0.1, 0.15) is 5.01 Å². The number of aryl methyl sites for hydroxylation is 2. The molecular weight excluding hydrogens is 240 g/mol. The Balaban J connectivity index is 1.93. The number of aromatic nitrogens is 1. The van der Waals surface area contributed by atoms with Crippen LogP contribution in [0, 0.1) is 13.8 Å². The van der Waals surface area contributed by atoms with Gasteiger partial charge in [0.25, 0.3) is 0 Å². The zero-order valence-electron chi connectivity index (χ0n) is 10.8. The summed E-state index contributed by atoms with van der Waals surface area (Å²) in [6.07, 6.45) is 4.49. The minimum atomic E-state index is 0.261. The van der Waals surface area contributed by atoms with Gasteiger partial charge in [0.15, 0.2) is 0 Å². The number of rotatable bonds is 4. The monoisotopic (exact) mass is 258 g/mol. The molecule has 0 radical (unpaired) electrons. The minimum Gasteiger partial charge on any atom is -0.301 e. The summed E-state index contributed by atoms with van der Waals surface area (Å²) in [6.45, 7) is 4.33. The van der Waals surface area contributed by atoms with E-state index >= 15 is 0 Å². The molecule has 94 valence electrons. The Kier molecular flexibility index (Phi) is 3.18. The lowest BCUT2D eigenvalue weighted by Crippen LogP contribution is -2.24. The van der Waals surface area contributed by atoms with E-state index in [9.17, 15) is 0 Å². The first-order chi connectivity index (χ1) is 8.74. The summed E-state index contributed by atoms with van der Waals surface area (Å²) in [7, 11) is 0. The van der Waals surface area contributed by atoms with Gasteiger partial charge in [-0.15, -0.1) is 11.3 Å². The quantitative estimate of drug-likeness (QED) is 0.906. The first-order valence-corrected chi connectivity index (χ1v) is 7.34. The molecule has 3 rings (SSSR count). The van der Waals surface area contributed by atoms with Gasteiger partial charge in [0, 0.05) is 17.6 Å². The van der Waals surface area contributed by atoms with Gasteiger partial charge in [-0.2, -0.15) is 0 Å². The van der Waals surface area contributed by atoms with E-state index in [1.54, 1.807) is 11.3 Å². The molecule has 0 saturated heterocycles. The summed E-state index contributed by atoms with van der Waals surface area (Å²) < 4.78 is 0. The molecule has 1 unspecified atom stereocenters. The van der Waals surface area contributed by atoms with Crippen molar-refractivity contribution in [1.82, 2.24) is 10.3 Å². The van der Waals surface area contributed by atoms with Gasteiger partial charge in [-0.05, 0) is 43.4 Å². The fourth-order valence-electron chi connectivity index (χ4n) is 2.12. The SMILES string of the molecule is Cc1ccc(C(NC2CC2)c2nccs2)cc1C. The average Bonchev–Trinajstić information content (AvgIpc) is 3.02. The second kappa shape index (κ2) is 4.82. The second-order valence-corrected chi connectivity index (χ2v) is 6.01. The van der Waals surface area contributed by atoms with Crippen LogP contribution in [0.2, 0.25) is 0 Å². The summed E-state index contributed by atoms with van der Waals surface area (Å²) >= 11 is 1.73. The van der Waals surface area contributed by atoms with Gasteiger partial charge < -0.3 is 5.32 Å². The number of benzene rings is 1. The third-order valence-corrected chi connectivity index (χ3v) is 4.38. The van der Waals surface area contributed by atoms with Crippen molar-refractivity contribution >= 4 is 11.3 Å². The zero-order valence-corrected chi connectivity index (χ0v) is 11.6. The number of nitrogens with one attached hydrogen (secondary N) is 1. The molecule has 1 atom stereocenters. The molecule has 0 amide bonds. The molecule has 0 bridgehead atoms. The fourth-order valence-corrected chi connectivity index (χ4v) is 2.84. The second-order valence-electron chi connectivity index (χ2n) is 5.09. The highest BCUT2D eigenvalue weighted by atomic mass is 32.1. The van der Waals surface area contributed by atoms with Crippen LogP contribution >= 0.6 is 11.3 Å². The first kappa shape index (κ1) is 11.9. The molecule has 0 aliphatic heterocycles. The fraction of sp³-hybridized carbons (Fsp3) is 0.400. The lowest BCUT2D eigenvalue weighted by atomic mass is 10.0. The molecule has 1 saturated carbocycles.